The van der Waals surface area contributed by atoms with Crippen LogP contribution in [0.3, 0.4) is 0 Å². The van der Waals surface area contributed by atoms with Gasteiger partial charge in [-0.05, 0) is 44.2 Å². The quantitative estimate of drug-likeness (QED) is 0.665. The van der Waals surface area contributed by atoms with Crippen molar-refractivity contribution in [3.63, 3.8) is 0 Å². The van der Waals surface area contributed by atoms with E-state index < -0.39 is 11.8 Å². The maximum atomic E-state index is 12.4. The van der Waals surface area contributed by atoms with Gasteiger partial charge in [0.1, 0.15) is 5.69 Å². The van der Waals surface area contributed by atoms with Gasteiger partial charge in [-0.3, -0.25) is 20.4 Å². The monoisotopic (exact) mass is 379 g/mol. The zero-order valence-electron chi connectivity index (χ0n) is 15.9. The van der Waals surface area contributed by atoms with Crippen LogP contribution in [-0.2, 0) is 0 Å². The van der Waals surface area contributed by atoms with E-state index in [4.69, 9.17) is 9.47 Å². The third kappa shape index (κ3) is 4.37. The second-order valence-corrected chi connectivity index (χ2v) is 6.33. The Bertz CT molecular complexity index is 1020. The number of carbonyl (C=O) groups is 2. The van der Waals surface area contributed by atoms with Crippen molar-refractivity contribution in [3.05, 3.63) is 65.9 Å². The molecule has 1 aromatic heterocycles. The van der Waals surface area contributed by atoms with E-state index in [1.165, 1.54) is 7.11 Å². The van der Waals surface area contributed by atoms with E-state index in [2.05, 4.69) is 15.8 Å². The molecule has 2 aromatic carbocycles. The maximum Gasteiger partial charge on any atom is 0.288 e. The predicted octanol–water partition coefficient (Wildman–Crippen LogP) is 3.11. The van der Waals surface area contributed by atoms with Crippen LogP contribution in [0.4, 0.5) is 0 Å². The van der Waals surface area contributed by atoms with Gasteiger partial charge in [0.25, 0.3) is 11.8 Å². The van der Waals surface area contributed by atoms with Crippen molar-refractivity contribution in [1.82, 2.24) is 15.8 Å². The standard InChI is InChI=1S/C21H21N3O4/c1-13(2)28-18-11-9-15(12-19(18)27-3)20(25)23-24-21(26)17-10-8-14-6-4-5-7-16(14)22-17/h4-13H,1-3H3,(H,23,25)(H,24,26). The van der Waals surface area contributed by atoms with Gasteiger partial charge in [0.05, 0.1) is 18.7 Å². The Labute approximate surface area is 162 Å². The average molecular weight is 379 g/mol. The molecule has 0 atom stereocenters. The molecule has 7 heteroatoms. The highest BCUT2D eigenvalue weighted by atomic mass is 16.5. The number of nitrogens with one attached hydrogen (secondary N) is 2. The number of ether oxygens (including phenoxy) is 2. The third-order valence-electron chi connectivity index (χ3n) is 3.91. The van der Waals surface area contributed by atoms with E-state index in [0.29, 0.717) is 22.6 Å². The summed E-state index contributed by atoms with van der Waals surface area (Å²) < 4.78 is 10.9. The molecule has 0 bridgehead atoms. The molecule has 0 radical (unpaired) electrons. The molecule has 3 aromatic rings. The van der Waals surface area contributed by atoms with Gasteiger partial charge in [-0.2, -0.15) is 0 Å². The summed E-state index contributed by atoms with van der Waals surface area (Å²) in [5.41, 5.74) is 5.98. The van der Waals surface area contributed by atoms with Crippen molar-refractivity contribution in [2.45, 2.75) is 20.0 Å². The van der Waals surface area contributed by atoms with Crippen molar-refractivity contribution in [1.29, 1.82) is 0 Å². The smallest absolute Gasteiger partial charge is 0.288 e. The molecular formula is C21H21N3O4. The van der Waals surface area contributed by atoms with Crippen LogP contribution in [0, 0.1) is 0 Å². The minimum atomic E-state index is -0.508. The van der Waals surface area contributed by atoms with Gasteiger partial charge >= 0.3 is 0 Å². The summed E-state index contributed by atoms with van der Waals surface area (Å²) in [5.74, 6) is -0.0170. The number of methoxy groups -OCH3 is 1. The number of hydrazine groups is 1. The summed E-state index contributed by atoms with van der Waals surface area (Å²) in [4.78, 5) is 28.9. The van der Waals surface area contributed by atoms with Crippen LogP contribution in [0.2, 0.25) is 0 Å². The van der Waals surface area contributed by atoms with Gasteiger partial charge in [0, 0.05) is 10.9 Å². The molecule has 0 spiro atoms. The highest BCUT2D eigenvalue weighted by molar-refractivity contribution is 5.99. The van der Waals surface area contributed by atoms with Crippen LogP contribution in [0.25, 0.3) is 10.9 Å². The number of aromatic nitrogens is 1. The van der Waals surface area contributed by atoms with E-state index in [1.807, 2.05) is 38.1 Å². The van der Waals surface area contributed by atoms with Crippen molar-refractivity contribution >= 4 is 22.7 Å². The zero-order chi connectivity index (χ0) is 20.1. The molecule has 0 fully saturated rings. The third-order valence-corrected chi connectivity index (χ3v) is 3.91. The molecule has 3 rings (SSSR count). The first-order valence-electron chi connectivity index (χ1n) is 8.79. The normalized spacial score (nSPS) is 10.6. The number of pyridine rings is 1. The van der Waals surface area contributed by atoms with Crippen LogP contribution in [0.5, 0.6) is 11.5 Å². The average Bonchev–Trinajstić information content (AvgIpc) is 2.71. The fourth-order valence-electron chi connectivity index (χ4n) is 2.60. The summed E-state index contributed by atoms with van der Waals surface area (Å²) in [6, 6.07) is 15.7. The number of carbonyl (C=O) groups excluding carboxylic acids is 2. The molecule has 0 unspecified atom stereocenters. The van der Waals surface area contributed by atoms with Crippen LogP contribution < -0.4 is 20.3 Å². The summed E-state index contributed by atoms with van der Waals surface area (Å²) in [6.45, 7) is 3.80. The highest BCUT2D eigenvalue weighted by Gasteiger charge is 2.14. The molecule has 0 saturated carbocycles. The fourth-order valence-corrected chi connectivity index (χ4v) is 2.60. The lowest BCUT2D eigenvalue weighted by Gasteiger charge is -2.14. The lowest BCUT2D eigenvalue weighted by atomic mass is 10.2. The predicted molar refractivity (Wildman–Crippen MR) is 105 cm³/mol. The Balaban J connectivity index is 1.68. The molecule has 2 amide bonds. The first-order chi connectivity index (χ1) is 13.5. The molecule has 1 heterocycles. The second-order valence-electron chi connectivity index (χ2n) is 6.33. The molecule has 0 aliphatic carbocycles. The van der Waals surface area contributed by atoms with Gasteiger partial charge in [-0.25, -0.2) is 4.98 Å². The Kier molecular flexibility index (Phi) is 5.74. The maximum absolute atomic E-state index is 12.4. The molecule has 2 N–H and O–H groups in total. The number of fused-ring (bicyclic) bond motifs is 1. The largest absolute Gasteiger partial charge is 0.493 e. The number of hydrogen-bond acceptors (Lipinski definition) is 5. The van der Waals surface area contributed by atoms with E-state index in [9.17, 15) is 9.59 Å². The van der Waals surface area contributed by atoms with Gasteiger partial charge in [0.15, 0.2) is 11.5 Å². The lowest BCUT2D eigenvalue weighted by Crippen LogP contribution is -2.41. The Morgan fingerprint density at radius 1 is 0.929 bits per heavy atom. The fraction of sp³-hybridized carbons (Fsp3) is 0.190. The summed E-state index contributed by atoms with van der Waals surface area (Å²) in [6.07, 6.45) is -0.0256. The minimum Gasteiger partial charge on any atom is -0.493 e. The number of rotatable bonds is 5. The van der Waals surface area contributed by atoms with Gasteiger partial charge < -0.3 is 9.47 Å². The van der Waals surface area contributed by atoms with Crippen LogP contribution >= 0.6 is 0 Å². The number of benzene rings is 2. The van der Waals surface area contributed by atoms with E-state index in [-0.39, 0.29) is 11.8 Å². The number of amides is 2. The molecule has 0 saturated heterocycles. The van der Waals surface area contributed by atoms with E-state index in [1.54, 1.807) is 30.3 Å². The Morgan fingerprint density at radius 2 is 1.68 bits per heavy atom. The van der Waals surface area contributed by atoms with Gasteiger partial charge in [-0.1, -0.05) is 24.3 Å². The molecule has 0 aliphatic heterocycles. The Hall–Kier alpha value is -3.61. The van der Waals surface area contributed by atoms with Crippen LogP contribution in [0.15, 0.2) is 54.6 Å². The van der Waals surface area contributed by atoms with E-state index in [0.717, 1.165) is 5.39 Å². The Morgan fingerprint density at radius 3 is 2.43 bits per heavy atom. The topological polar surface area (TPSA) is 89.6 Å². The van der Waals surface area contributed by atoms with Crippen LogP contribution in [0.1, 0.15) is 34.7 Å². The van der Waals surface area contributed by atoms with Gasteiger partial charge in [-0.15, -0.1) is 0 Å². The summed E-state index contributed by atoms with van der Waals surface area (Å²) in [5, 5.41) is 0.930. The molecular weight excluding hydrogens is 358 g/mol. The molecule has 28 heavy (non-hydrogen) atoms. The van der Waals surface area contributed by atoms with Crippen molar-refractivity contribution < 1.29 is 19.1 Å². The number of hydrogen-bond donors (Lipinski definition) is 2. The SMILES string of the molecule is COc1cc(C(=O)NNC(=O)c2ccc3ccccc3n2)ccc1OC(C)C. The van der Waals surface area contributed by atoms with E-state index >= 15 is 0 Å². The van der Waals surface area contributed by atoms with Crippen molar-refractivity contribution in [2.24, 2.45) is 0 Å². The highest BCUT2D eigenvalue weighted by Crippen LogP contribution is 2.28. The molecule has 144 valence electrons. The first kappa shape index (κ1) is 19.2. The second kappa shape index (κ2) is 8.39. The first-order valence-corrected chi connectivity index (χ1v) is 8.79. The van der Waals surface area contributed by atoms with Crippen molar-refractivity contribution in [3.8, 4) is 11.5 Å². The molecule has 7 nitrogen and oxygen atoms in total. The van der Waals surface area contributed by atoms with Crippen LogP contribution in [-0.4, -0.2) is 30.0 Å². The lowest BCUT2D eigenvalue weighted by molar-refractivity contribution is 0.0844. The molecule has 0 aliphatic rings. The van der Waals surface area contributed by atoms with Crippen molar-refractivity contribution in [2.75, 3.05) is 7.11 Å². The summed E-state index contributed by atoms with van der Waals surface area (Å²) >= 11 is 0. The number of para-hydroxylation sites is 1. The minimum absolute atomic E-state index is 0.0256. The summed E-state index contributed by atoms with van der Waals surface area (Å²) in [7, 11) is 1.50. The zero-order valence-corrected chi connectivity index (χ0v) is 15.9. The van der Waals surface area contributed by atoms with Gasteiger partial charge in [0.2, 0.25) is 0 Å². The number of nitrogens with zero attached hydrogens (tertiary/aromatic N) is 1.